The molecule has 0 aliphatic heterocycles. The van der Waals surface area contributed by atoms with E-state index in [-0.39, 0.29) is 29.6 Å². The van der Waals surface area contributed by atoms with Crippen molar-refractivity contribution in [2.75, 3.05) is 5.43 Å². The van der Waals surface area contributed by atoms with Crippen LogP contribution >= 0.6 is 0 Å². The van der Waals surface area contributed by atoms with Crippen molar-refractivity contribution in [1.82, 2.24) is 0 Å². The summed E-state index contributed by atoms with van der Waals surface area (Å²) in [5.74, 6) is -1.41. The molecule has 1 aromatic rings. The number of hydrogen-bond donors (Lipinski definition) is 2. The summed E-state index contributed by atoms with van der Waals surface area (Å²) in [7, 11) is 0. The number of carbonyl (C=O) groups is 1. The lowest BCUT2D eigenvalue weighted by molar-refractivity contribution is -0.393. The quantitative estimate of drug-likeness (QED) is 0.387. The molecule has 0 bridgehead atoms. The van der Waals surface area contributed by atoms with Gasteiger partial charge in [0.1, 0.15) is 5.69 Å². The molecule has 10 heteroatoms. The summed E-state index contributed by atoms with van der Waals surface area (Å²) in [6.45, 7) is 3.63. The molecule has 2 N–H and O–H groups in total. The molecule has 1 atom stereocenters. The summed E-state index contributed by atoms with van der Waals surface area (Å²) in [4.78, 5) is 31.9. The second kappa shape index (κ2) is 7.89. The van der Waals surface area contributed by atoms with Crippen LogP contribution in [0.15, 0.2) is 23.3 Å². The van der Waals surface area contributed by atoms with E-state index in [1.165, 1.54) is 6.07 Å². The highest BCUT2D eigenvalue weighted by molar-refractivity contribution is 5.92. The fourth-order valence-electron chi connectivity index (χ4n) is 2.56. The lowest BCUT2D eigenvalue weighted by Gasteiger charge is -2.17. The van der Waals surface area contributed by atoms with E-state index in [2.05, 4.69) is 10.5 Å². The molecule has 1 saturated carbocycles. The summed E-state index contributed by atoms with van der Waals surface area (Å²) < 4.78 is 0. The molecule has 0 saturated heterocycles. The number of aliphatic carboxylic acids is 1. The van der Waals surface area contributed by atoms with Crippen LogP contribution in [0.5, 0.6) is 0 Å². The molecule has 140 valence electrons. The van der Waals surface area contributed by atoms with Gasteiger partial charge in [-0.15, -0.1) is 0 Å². The van der Waals surface area contributed by atoms with Crippen molar-refractivity contribution in [2.24, 2.45) is 22.9 Å². The number of hydrazone groups is 1. The van der Waals surface area contributed by atoms with Crippen molar-refractivity contribution in [3.05, 3.63) is 38.4 Å². The number of nitro benzene ring substituents is 2. The molecular formula is C16H20N4O6. The lowest BCUT2D eigenvalue weighted by atomic mass is 9.89. The van der Waals surface area contributed by atoms with Gasteiger partial charge in [-0.25, -0.2) is 0 Å². The third-order valence-electron chi connectivity index (χ3n) is 4.31. The number of rotatable bonds is 9. The minimum absolute atomic E-state index is 0.0233. The van der Waals surface area contributed by atoms with E-state index >= 15 is 0 Å². The molecule has 0 spiro atoms. The molecule has 2 rings (SSSR count). The van der Waals surface area contributed by atoms with Crippen molar-refractivity contribution in [1.29, 1.82) is 0 Å². The average Bonchev–Trinajstić information content (AvgIpc) is 3.38. The Balaban J connectivity index is 2.26. The Bertz CT molecular complexity index is 757. The van der Waals surface area contributed by atoms with Gasteiger partial charge in [0.2, 0.25) is 0 Å². The Hall–Kier alpha value is -3.04. The predicted molar refractivity (Wildman–Crippen MR) is 94.1 cm³/mol. The topological polar surface area (TPSA) is 148 Å². The Morgan fingerprint density at radius 2 is 1.96 bits per heavy atom. The Morgan fingerprint density at radius 3 is 2.42 bits per heavy atom. The van der Waals surface area contributed by atoms with Crippen LogP contribution in [0.4, 0.5) is 17.1 Å². The van der Waals surface area contributed by atoms with E-state index in [0.29, 0.717) is 5.71 Å². The highest BCUT2D eigenvalue weighted by Gasteiger charge is 2.33. The number of nitrogens with zero attached hydrogens (tertiary/aromatic N) is 3. The third kappa shape index (κ3) is 4.74. The van der Waals surface area contributed by atoms with E-state index in [1.54, 1.807) is 0 Å². The SMILES string of the molecule is CC(C)C(C/C(=N\Nc1ccc([N+](=O)[O-])cc1[N+](=O)[O-])C1CC1)C(=O)O. The molecular weight excluding hydrogens is 344 g/mol. The van der Waals surface area contributed by atoms with Gasteiger partial charge >= 0.3 is 11.7 Å². The van der Waals surface area contributed by atoms with Gasteiger partial charge in [-0.1, -0.05) is 13.8 Å². The number of benzene rings is 1. The van der Waals surface area contributed by atoms with Crippen LogP contribution in [0, 0.1) is 38.0 Å². The van der Waals surface area contributed by atoms with E-state index in [4.69, 9.17) is 0 Å². The van der Waals surface area contributed by atoms with Crippen LogP contribution in [0.2, 0.25) is 0 Å². The van der Waals surface area contributed by atoms with Crippen molar-refractivity contribution in [3.8, 4) is 0 Å². The Morgan fingerprint density at radius 1 is 1.31 bits per heavy atom. The maximum Gasteiger partial charge on any atom is 0.307 e. The maximum absolute atomic E-state index is 11.4. The zero-order chi connectivity index (χ0) is 19.4. The predicted octanol–water partition coefficient (Wildman–Crippen LogP) is 3.43. The standard InChI is InChI=1S/C16H20N4O6/c1-9(2)12(16(21)22)8-14(10-3-4-10)18-17-13-6-5-11(19(23)24)7-15(13)20(25)26/h5-7,9-10,12,17H,3-4,8H2,1-2H3,(H,21,22)/b18-14+. The first-order valence-electron chi connectivity index (χ1n) is 8.18. The van der Waals surface area contributed by atoms with Crippen LogP contribution in [-0.4, -0.2) is 26.6 Å². The molecule has 1 aromatic carbocycles. The normalized spacial score (nSPS) is 15.6. The van der Waals surface area contributed by atoms with Crippen LogP contribution in [0.3, 0.4) is 0 Å². The molecule has 0 radical (unpaired) electrons. The summed E-state index contributed by atoms with van der Waals surface area (Å²) in [6, 6.07) is 3.24. The second-order valence-electron chi connectivity index (χ2n) is 6.60. The molecule has 10 nitrogen and oxygen atoms in total. The van der Waals surface area contributed by atoms with Crippen molar-refractivity contribution in [2.45, 2.75) is 33.1 Å². The molecule has 26 heavy (non-hydrogen) atoms. The van der Waals surface area contributed by atoms with Crippen molar-refractivity contribution < 1.29 is 19.7 Å². The Labute approximate surface area is 149 Å². The number of carboxylic acids is 1. The highest BCUT2D eigenvalue weighted by Crippen LogP contribution is 2.35. The number of non-ortho nitro benzene ring substituents is 1. The van der Waals surface area contributed by atoms with E-state index < -0.39 is 27.4 Å². The van der Waals surface area contributed by atoms with Gasteiger partial charge in [0.15, 0.2) is 0 Å². The first-order valence-corrected chi connectivity index (χ1v) is 8.18. The Kier molecular flexibility index (Phi) is 5.86. The van der Waals surface area contributed by atoms with Gasteiger partial charge in [0.05, 0.1) is 21.8 Å². The minimum Gasteiger partial charge on any atom is -0.481 e. The summed E-state index contributed by atoms with van der Waals surface area (Å²) in [5.41, 5.74) is 2.42. The van der Waals surface area contributed by atoms with Gasteiger partial charge in [-0.3, -0.25) is 30.4 Å². The molecule has 0 amide bonds. The first-order chi connectivity index (χ1) is 12.2. The average molecular weight is 364 g/mol. The molecule has 1 unspecified atom stereocenters. The van der Waals surface area contributed by atoms with Crippen LogP contribution in [0.1, 0.15) is 33.1 Å². The smallest absolute Gasteiger partial charge is 0.307 e. The summed E-state index contributed by atoms with van der Waals surface area (Å²) in [6.07, 6.45) is 2.05. The van der Waals surface area contributed by atoms with Gasteiger partial charge < -0.3 is 5.11 Å². The molecule has 1 aliphatic rings. The van der Waals surface area contributed by atoms with Crippen molar-refractivity contribution in [3.63, 3.8) is 0 Å². The number of nitro groups is 2. The van der Waals surface area contributed by atoms with E-state index in [9.17, 15) is 30.1 Å². The number of nitrogens with one attached hydrogen (secondary N) is 1. The third-order valence-corrected chi connectivity index (χ3v) is 4.31. The molecule has 0 heterocycles. The fraction of sp³-hybridized carbons (Fsp3) is 0.500. The van der Waals surface area contributed by atoms with E-state index in [0.717, 1.165) is 25.0 Å². The number of carboxylic acid groups (broad SMARTS) is 1. The van der Waals surface area contributed by atoms with Gasteiger partial charge in [0, 0.05) is 18.2 Å². The zero-order valence-electron chi connectivity index (χ0n) is 14.4. The number of anilines is 1. The van der Waals surface area contributed by atoms with Gasteiger partial charge in [-0.05, 0) is 30.7 Å². The van der Waals surface area contributed by atoms with Crippen molar-refractivity contribution >= 4 is 28.7 Å². The van der Waals surface area contributed by atoms with E-state index in [1.807, 2.05) is 13.8 Å². The largest absolute Gasteiger partial charge is 0.481 e. The van der Waals surface area contributed by atoms with Gasteiger partial charge in [-0.2, -0.15) is 5.10 Å². The lowest BCUT2D eigenvalue weighted by Crippen LogP contribution is -2.24. The monoisotopic (exact) mass is 364 g/mol. The molecule has 1 fully saturated rings. The fourth-order valence-corrected chi connectivity index (χ4v) is 2.56. The van der Waals surface area contributed by atoms with Crippen LogP contribution < -0.4 is 5.43 Å². The van der Waals surface area contributed by atoms with Crippen LogP contribution in [0.25, 0.3) is 0 Å². The first kappa shape index (κ1) is 19.3. The van der Waals surface area contributed by atoms with Gasteiger partial charge in [0.25, 0.3) is 5.69 Å². The second-order valence-corrected chi connectivity index (χ2v) is 6.60. The summed E-state index contributed by atoms with van der Waals surface area (Å²) in [5, 5.41) is 35.5. The molecule has 1 aliphatic carbocycles. The highest BCUT2D eigenvalue weighted by atomic mass is 16.6. The minimum atomic E-state index is -0.908. The zero-order valence-corrected chi connectivity index (χ0v) is 14.4. The summed E-state index contributed by atoms with van der Waals surface area (Å²) >= 11 is 0. The van der Waals surface area contributed by atoms with Crippen LogP contribution in [-0.2, 0) is 4.79 Å². The maximum atomic E-state index is 11.4. The number of hydrogen-bond acceptors (Lipinski definition) is 7. The molecule has 0 aromatic heterocycles.